The van der Waals surface area contributed by atoms with Crippen LogP contribution in [0, 0.1) is 0 Å². The van der Waals surface area contributed by atoms with Gasteiger partial charge >= 0.3 is 0 Å². The van der Waals surface area contributed by atoms with E-state index in [4.69, 9.17) is 14.7 Å². The quantitative estimate of drug-likeness (QED) is 0.239. The standard InChI is InChI=1S/C20H31N3O6S2/c1-2-28-15-16-30-18-5-3-17(4-6-18)22-9-11-23(12-10-22)31(26,27)20(19(24)21-25)7-13-29-14-8-20/h3-6,25H,2,7-16H2,1H3,(H,21,24). The average molecular weight is 474 g/mol. The van der Waals surface area contributed by atoms with Crippen LogP contribution in [-0.2, 0) is 24.3 Å². The van der Waals surface area contributed by atoms with Crippen LogP contribution in [-0.4, -0.2) is 86.9 Å². The molecule has 2 aliphatic heterocycles. The predicted molar refractivity (Wildman–Crippen MR) is 119 cm³/mol. The molecule has 2 fully saturated rings. The van der Waals surface area contributed by atoms with Crippen molar-refractivity contribution in [1.29, 1.82) is 0 Å². The molecular formula is C20H31N3O6S2. The number of nitrogens with zero attached hydrogens (tertiary/aromatic N) is 2. The maximum Gasteiger partial charge on any atom is 0.266 e. The molecule has 1 aromatic carbocycles. The van der Waals surface area contributed by atoms with Crippen molar-refractivity contribution in [2.45, 2.75) is 29.4 Å². The first kappa shape index (κ1) is 24.3. The molecular weight excluding hydrogens is 442 g/mol. The SMILES string of the molecule is CCOCCSc1ccc(N2CCN(S(=O)(=O)C3(C(=O)NO)CCOCC3)CC2)cc1. The van der Waals surface area contributed by atoms with E-state index in [1.807, 2.05) is 19.1 Å². The van der Waals surface area contributed by atoms with Crippen molar-refractivity contribution in [3.63, 3.8) is 0 Å². The van der Waals surface area contributed by atoms with Gasteiger partial charge in [-0.3, -0.25) is 10.0 Å². The summed E-state index contributed by atoms with van der Waals surface area (Å²) in [4.78, 5) is 15.7. The lowest BCUT2D eigenvalue weighted by Gasteiger charge is -2.42. The second-order valence-corrected chi connectivity index (χ2v) is 10.9. The van der Waals surface area contributed by atoms with Crippen LogP contribution in [0.4, 0.5) is 5.69 Å². The highest BCUT2D eigenvalue weighted by atomic mass is 32.2. The van der Waals surface area contributed by atoms with Crippen molar-refractivity contribution >= 4 is 33.4 Å². The van der Waals surface area contributed by atoms with Crippen molar-refractivity contribution in [2.24, 2.45) is 0 Å². The number of ether oxygens (including phenoxy) is 2. The van der Waals surface area contributed by atoms with Gasteiger partial charge in [-0.25, -0.2) is 13.9 Å². The maximum atomic E-state index is 13.4. The fourth-order valence-electron chi connectivity index (χ4n) is 3.95. The van der Waals surface area contributed by atoms with Crippen LogP contribution in [0.3, 0.4) is 0 Å². The zero-order chi connectivity index (χ0) is 22.3. The second-order valence-electron chi connectivity index (χ2n) is 7.48. The molecule has 2 aliphatic rings. The summed E-state index contributed by atoms with van der Waals surface area (Å²) >= 11 is 1.74. The largest absolute Gasteiger partial charge is 0.381 e. The lowest BCUT2D eigenvalue weighted by atomic mass is 9.98. The number of thioether (sulfide) groups is 1. The van der Waals surface area contributed by atoms with Crippen molar-refractivity contribution in [1.82, 2.24) is 9.79 Å². The van der Waals surface area contributed by atoms with E-state index in [0.717, 1.165) is 24.7 Å². The van der Waals surface area contributed by atoms with Gasteiger partial charge in [0.1, 0.15) is 0 Å². The van der Waals surface area contributed by atoms with Crippen LogP contribution in [0.5, 0.6) is 0 Å². The Morgan fingerprint density at radius 2 is 1.84 bits per heavy atom. The monoisotopic (exact) mass is 473 g/mol. The number of hydrogen-bond donors (Lipinski definition) is 2. The van der Waals surface area contributed by atoms with E-state index in [1.165, 1.54) is 9.20 Å². The third kappa shape index (κ3) is 5.35. The normalized spacial score (nSPS) is 19.9. The van der Waals surface area contributed by atoms with Crippen LogP contribution in [0.25, 0.3) is 0 Å². The Kier molecular flexibility index (Phi) is 8.59. The average Bonchev–Trinajstić information content (AvgIpc) is 2.82. The summed E-state index contributed by atoms with van der Waals surface area (Å²) in [5.41, 5.74) is 2.60. The Morgan fingerprint density at radius 3 is 2.42 bits per heavy atom. The molecule has 0 bridgehead atoms. The highest BCUT2D eigenvalue weighted by molar-refractivity contribution is 7.99. The molecule has 3 rings (SSSR count). The number of sulfonamides is 1. The van der Waals surface area contributed by atoms with Crippen LogP contribution in [0.1, 0.15) is 19.8 Å². The summed E-state index contributed by atoms with van der Waals surface area (Å²) in [6.45, 7) is 5.40. The Morgan fingerprint density at radius 1 is 1.19 bits per heavy atom. The Labute approximate surface area is 188 Å². The molecule has 0 aliphatic carbocycles. The highest BCUT2D eigenvalue weighted by Gasteiger charge is 2.54. The summed E-state index contributed by atoms with van der Waals surface area (Å²) < 4.78 is 37.0. The highest BCUT2D eigenvalue weighted by Crippen LogP contribution is 2.34. The van der Waals surface area contributed by atoms with E-state index in [1.54, 1.807) is 17.2 Å². The first-order valence-corrected chi connectivity index (χ1v) is 12.9. The van der Waals surface area contributed by atoms with Gasteiger partial charge in [0, 0.05) is 75.2 Å². The molecule has 174 valence electrons. The lowest BCUT2D eigenvalue weighted by Crippen LogP contribution is -2.62. The van der Waals surface area contributed by atoms with Gasteiger partial charge in [0.25, 0.3) is 5.91 Å². The molecule has 0 saturated carbocycles. The predicted octanol–water partition coefficient (Wildman–Crippen LogP) is 1.32. The Bertz CT molecular complexity index is 820. The van der Waals surface area contributed by atoms with Gasteiger partial charge in [-0.05, 0) is 31.2 Å². The summed E-state index contributed by atoms with van der Waals surface area (Å²) in [5, 5.41) is 9.17. The number of hydrogen-bond acceptors (Lipinski definition) is 8. The third-order valence-corrected chi connectivity index (χ3v) is 9.39. The van der Waals surface area contributed by atoms with E-state index in [9.17, 15) is 13.2 Å². The number of rotatable bonds is 9. The molecule has 0 spiro atoms. The summed E-state index contributed by atoms with van der Waals surface area (Å²) in [5.74, 6) is 0.0217. The minimum absolute atomic E-state index is 0.0321. The number of benzene rings is 1. The molecule has 9 nitrogen and oxygen atoms in total. The van der Waals surface area contributed by atoms with Gasteiger partial charge in [-0.15, -0.1) is 11.8 Å². The molecule has 11 heteroatoms. The number of nitrogens with one attached hydrogen (secondary N) is 1. The first-order valence-electron chi connectivity index (χ1n) is 10.5. The lowest BCUT2D eigenvalue weighted by molar-refractivity contribution is -0.134. The first-order chi connectivity index (χ1) is 14.9. The van der Waals surface area contributed by atoms with Gasteiger partial charge in [0.05, 0.1) is 6.61 Å². The number of amides is 1. The fourth-order valence-corrected chi connectivity index (χ4v) is 6.82. The molecule has 1 aromatic rings. The zero-order valence-electron chi connectivity index (χ0n) is 17.8. The van der Waals surface area contributed by atoms with Crippen molar-refractivity contribution in [2.75, 3.05) is 63.3 Å². The minimum atomic E-state index is -3.95. The van der Waals surface area contributed by atoms with Crippen LogP contribution in [0.2, 0.25) is 0 Å². The van der Waals surface area contributed by atoms with Gasteiger partial charge in [-0.2, -0.15) is 4.31 Å². The fraction of sp³-hybridized carbons (Fsp3) is 0.650. The summed E-state index contributed by atoms with van der Waals surface area (Å²) in [7, 11) is -3.95. The topological polar surface area (TPSA) is 108 Å². The zero-order valence-corrected chi connectivity index (χ0v) is 19.4. The van der Waals surface area contributed by atoms with Crippen LogP contribution in [0.15, 0.2) is 29.2 Å². The van der Waals surface area contributed by atoms with Crippen LogP contribution >= 0.6 is 11.8 Å². The molecule has 0 unspecified atom stereocenters. The van der Waals surface area contributed by atoms with Crippen molar-refractivity contribution in [3.05, 3.63) is 24.3 Å². The van der Waals surface area contributed by atoms with Gasteiger partial charge < -0.3 is 14.4 Å². The van der Waals surface area contributed by atoms with E-state index in [2.05, 4.69) is 17.0 Å². The van der Waals surface area contributed by atoms with Gasteiger partial charge in [0.2, 0.25) is 10.0 Å². The molecule has 2 saturated heterocycles. The molecule has 0 aromatic heterocycles. The van der Waals surface area contributed by atoms with Gasteiger partial charge in [-0.1, -0.05) is 0 Å². The Balaban J connectivity index is 1.61. The number of anilines is 1. The number of carbonyl (C=O) groups is 1. The molecule has 2 N–H and O–H groups in total. The maximum absolute atomic E-state index is 13.4. The molecule has 31 heavy (non-hydrogen) atoms. The molecule has 2 heterocycles. The van der Waals surface area contributed by atoms with Crippen LogP contribution < -0.4 is 10.4 Å². The number of carbonyl (C=O) groups excluding carboxylic acids is 1. The number of piperazine rings is 1. The minimum Gasteiger partial charge on any atom is -0.381 e. The summed E-state index contributed by atoms with van der Waals surface area (Å²) in [6.07, 6.45) is 0.0642. The smallest absolute Gasteiger partial charge is 0.266 e. The van der Waals surface area contributed by atoms with Crippen molar-refractivity contribution in [3.8, 4) is 0 Å². The van der Waals surface area contributed by atoms with Gasteiger partial charge in [0.15, 0.2) is 4.75 Å². The van der Waals surface area contributed by atoms with E-state index in [-0.39, 0.29) is 39.1 Å². The van der Waals surface area contributed by atoms with Crippen molar-refractivity contribution < 1.29 is 27.9 Å². The summed E-state index contributed by atoms with van der Waals surface area (Å²) in [6, 6.07) is 8.23. The second kappa shape index (κ2) is 11.0. The third-order valence-electron chi connectivity index (χ3n) is 5.79. The number of hydroxylamine groups is 1. The Hall–Kier alpha value is -1.37. The molecule has 0 atom stereocenters. The van der Waals surface area contributed by atoms with E-state index >= 15 is 0 Å². The molecule has 0 radical (unpaired) electrons. The van der Waals surface area contributed by atoms with E-state index in [0.29, 0.717) is 13.1 Å². The molecule has 1 amide bonds. The van der Waals surface area contributed by atoms with E-state index < -0.39 is 20.7 Å².